The van der Waals surface area contributed by atoms with Crippen LogP contribution in [0.4, 0.5) is 0 Å². The highest BCUT2D eigenvalue weighted by atomic mass is 16.3. The first-order valence-corrected chi connectivity index (χ1v) is 8.21. The van der Waals surface area contributed by atoms with Crippen molar-refractivity contribution in [3.63, 3.8) is 0 Å². The highest BCUT2D eigenvalue weighted by Crippen LogP contribution is 2.39. The fraction of sp³-hybridized carbons (Fsp3) is 0.0435. The average Bonchev–Trinajstić information content (AvgIpc) is 2.99. The van der Waals surface area contributed by atoms with Crippen LogP contribution in [0.25, 0.3) is 43.8 Å². The summed E-state index contributed by atoms with van der Waals surface area (Å²) in [6.45, 7) is 2.12. The third kappa shape index (κ3) is 1.88. The molecule has 1 nitrogen and oxygen atoms in total. The molecule has 0 atom stereocenters. The van der Waals surface area contributed by atoms with Crippen LogP contribution in [0.15, 0.2) is 83.3 Å². The first-order valence-electron chi connectivity index (χ1n) is 8.21. The minimum absolute atomic E-state index is 0.945. The van der Waals surface area contributed by atoms with Crippen molar-refractivity contribution in [2.24, 2.45) is 0 Å². The van der Waals surface area contributed by atoms with E-state index in [-0.39, 0.29) is 0 Å². The van der Waals surface area contributed by atoms with E-state index in [1.165, 1.54) is 38.2 Å². The van der Waals surface area contributed by atoms with E-state index < -0.39 is 0 Å². The van der Waals surface area contributed by atoms with Gasteiger partial charge in [0.15, 0.2) is 0 Å². The second-order valence-corrected chi connectivity index (χ2v) is 6.31. The normalized spacial score (nSPS) is 11.5. The average molecular weight is 308 g/mol. The molecule has 5 rings (SSSR count). The summed E-state index contributed by atoms with van der Waals surface area (Å²) in [6.07, 6.45) is 0. The number of furan rings is 1. The lowest BCUT2D eigenvalue weighted by Crippen LogP contribution is -1.82. The monoisotopic (exact) mass is 308 g/mol. The van der Waals surface area contributed by atoms with Crippen molar-refractivity contribution in [1.82, 2.24) is 0 Å². The van der Waals surface area contributed by atoms with Crippen molar-refractivity contribution in [3.05, 3.63) is 84.4 Å². The summed E-state index contributed by atoms with van der Waals surface area (Å²) in [7, 11) is 0. The van der Waals surface area contributed by atoms with Crippen molar-refractivity contribution < 1.29 is 4.42 Å². The first-order chi connectivity index (χ1) is 11.8. The lowest BCUT2D eigenvalue weighted by Gasteiger charge is -2.08. The SMILES string of the molecule is Cc1ccc2oc3cccc(-c4cccc5ccccc45)c3c2c1. The van der Waals surface area contributed by atoms with Crippen LogP contribution < -0.4 is 0 Å². The summed E-state index contributed by atoms with van der Waals surface area (Å²) in [5, 5.41) is 4.92. The highest BCUT2D eigenvalue weighted by Gasteiger charge is 2.13. The van der Waals surface area contributed by atoms with Gasteiger partial charge >= 0.3 is 0 Å². The minimum atomic E-state index is 0.945. The maximum Gasteiger partial charge on any atom is 0.136 e. The van der Waals surface area contributed by atoms with E-state index in [9.17, 15) is 0 Å². The molecule has 0 N–H and O–H groups in total. The Bertz CT molecular complexity index is 1210. The molecule has 0 saturated carbocycles. The molecule has 0 aliphatic carbocycles. The van der Waals surface area contributed by atoms with Crippen LogP contribution in [0.2, 0.25) is 0 Å². The number of hydrogen-bond acceptors (Lipinski definition) is 1. The van der Waals surface area contributed by atoms with Crippen LogP contribution in [0.3, 0.4) is 0 Å². The molecule has 1 aromatic heterocycles. The van der Waals surface area contributed by atoms with Gasteiger partial charge in [0.25, 0.3) is 0 Å². The molecule has 0 fully saturated rings. The predicted octanol–water partition coefficient (Wildman–Crippen LogP) is 6.71. The van der Waals surface area contributed by atoms with Gasteiger partial charge < -0.3 is 4.42 Å². The van der Waals surface area contributed by atoms with Gasteiger partial charge in [-0.25, -0.2) is 0 Å². The summed E-state index contributed by atoms with van der Waals surface area (Å²) in [5.74, 6) is 0. The summed E-state index contributed by atoms with van der Waals surface area (Å²) < 4.78 is 6.08. The maximum absolute atomic E-state index is 6.08. The Morgan fingerprint density at radius 2 is 1.42 bits per heavy atom. The zero-order chi connectivity index (χ0) is 16.1. The van der Waals surface area contributed by atoms with E-state index in [1.54, 1.807) is 0 Å². The van der Waals surface area contributed by atoms with Gasteiger partial charge in [-0.05, 0) is 47.0 Å². The predicted molar refractivity (Wildman–Crippen MR) is 101 cm³/mol. The molecule has 1 heterocycles. The van der Waals surface area contributed by atoms with Crippen LogP contribution in [0.5, 0.6) is 0 Å². The molecular weight excluding hydrogens is 292 g/mol. The van der Waals surface area contributed by atoms with Crippen molar-refractivity contribution in [1.29, 1.82) is 0 Å². The van der Waals surface area contributed by atoms with Gasteiger partial charge in [0.1, 0.15) is 11.2 Å². The maximum atomic E-state index is 6.08. The first kappa shape index (κ1) is 13.4. The van der Waals surface area contributed by atoms with Gasteiger partial charge in [-0.15, -0.1) is 0 Å². The van der Waals surface area contributed by atoms with Crippen molar-refractivity contribution >= 4 is 32.7 Å². The number of hydrogen-bond donors (Lipinski definition) is 0. The number of fused-ring (bicyclic) bond motifs is 4. The van der Waals surface area contributed by atoms with E-state index in [4.69, 9.17) is 4.42 Å². The van der Waals surface area contributed by atoms with Crippen LogP contribution in [0.1, 0.15) is 5.56 Å². The number of aryl methyl sites for hydroxylation is 1. The van der Waals surface area contributed by atoms with Crippen molar-refractivity contribution in [2.75, 3.05) is 0 Å². The molecule has 0 bridgehead atoms. The Hall–Kier alpha value is -3.06. The Labute approximate surface area is 140 Å². The van der Waals surface area contributed by atoms with E-state index in [0.717, 1.165) is 11.2 Å². The fourth-order valence-electron chi connectivity index (χ4n) is 3.63. The largest absolute Gasteiger partial charge is 0.456 e. The number of rotatable bonds is 1. The van der Waals surface area contributed by atoms with Crippen molar-refractivity contribution in [2.45, 2.75) is 6.92 Å². The molecule has 1 heteroatoms. The fourth-order valence-corrected chi connectivity index (χ4v) is 3.63. The molecule has 0 aliphatic heterocycles. The Morgan fingerprint density at radius 1 is 0.625 bits per heavy atom. The lowest BCUT2D eigenvalue weighted by molar-refractivity contribution is 0.669. The Kier molecular flexibility index (Phi) is 2.77. The molecule has 24 heavy (non-hydrogen) atoms. The zero-order valence-electron chi connectivity index (χ0n) is 13.4. The number of benzene rings is 4. The van der Waals surface area contributed by atoms with Crippen LogP contribution in [-0.2, 0) is 0 Å². The van der Waals surface area contributed by atoms with Crippen LogP contribution in [-0.4, -0.2) is 0 Å². The van der Waals surface area contributed by atoms with Crippen molar-refractivity contribution in [3.8, 4) is 11.1 Å². The molecule has 0 spiro atoms. The molecule has 0 saturated heterocycles. The van der Waals surface area contributed by atoms with E-state index >= 15 is 0 Å². The topological polar surface area (TPSA) is 13.1 Å². The second kappa shape index (κ2) is 4.97. The third-order valence-corrected chi connectivity index (χ3v) is 4.73. The Balaban J connectivity index is 1.96. The van der Waals surface area contributed by atoms with Gasteiger partial charge in [-0.1, -0.05) is 66.2 Å². The molecule has 0 unspecified atom stereocenters. The molecule has 5 aromatic rings. The highest BCUT2D eigenvalue weighted by molar-refractivity contribution is 6.15. The van der Waals surface area contributed by atoms with Gasteiger partial charge in [-0.2, -0.15) is 0 Å². The third-order valence-electron chi connectivity index (χ3n) is 4.73. The summed E-state index contributed by atoms with van der Waals surface area (Å²) >= 11 is 0. The lowest BCUT2D eigenvalue weighted by atomic mass is 9.94. The standard InChI is InChI=1S/C23H16O/c1-15-12-13-21-20(14-15)23-19(10-5-11-22(23)24-21)18-9-4-7-16-6-2-3-8-17(16)18/h2-14H,1H3. The summed E-state index contributed by atoms with van der Waals surface area (Å²) in [4.78, 5) is 0. The molecule has 0 radical (unpaired) electrons. The second-order valence-electron chi connectivity index (χ2n) is 6.31. The van der Waals surface area contributed by atoms with E-state index in [1.807, 2.05) is 0 Å². The van der Waals surface area contributed by atoms with Gasteiger partial charge in [0.05, 0.1) is 0 Å². The van der Waals surface area contributed by atoms with Gasteiger partial charge in [0, 0.05) is 10.8 Å². The van der Waals surface area contributed by atoms with Crippen LogP contribution in [0, 0.1) is 6.92 Å². The van der Waals surface area contributed by atoms with Crippen LogP contribution >= 0.6 is 0 Å². The molecule has 0 amide bonds. The molecule has 114 valence electrons. The van der Waals surface area contributed by atoms with Gasteiger partial charge in [-0.3, -0.25) is 0 Å². The quantitative estimate of drug-likeness (QED) is 0.335. The minimum Gasteiger partial charge on any atom is -0.456 e. The zero-order valence-corrected chi connectivity index (χ0v) is 13.4. The smallest absolute Gasteiger partial charge is 0.136 e. The van der Waals surface area contributed by atoms with Gasteiger partial charge in [0.2, 0.25) is 0 Å². The molecule has 0 aliphatic rings. The summed E-state index contributed by atoms with van der Waals surface area (Å²) in [5.41, 5.74) is 5.62. The van der Waals surface area contributed by atoms with E-state index in [2.05, 4.69) is 85.8 Å². The van der Waals surface area contributed by atoms with E-state index in [0.29, 0.717) is 0 Å². The molecular formula is C23H16O. The Morgan fingerprint density at radius 3 is 2.38 bits per heavy atom. The summed E-state index contributed by atoms with van der Waals surface area (Å²) in [6, 6.07) is 27.7. The molecule has 4 aromatic carbocycles.